The summed E-state index contributed by atoms with van der Waals surface area (Å²) in [5, 5.41) is 8.95. The Morgan fingerprint density at radius 2 is 0.727 bits per heavy atom. The molecule has 22 nitrogen and oxygen atoms in total. The number of carbonyl (C=O) groups excluding carboxylic acids is 2. The third-order valence-corrected chi connectivity index (χ3v) is 21.2. The van der Waals surface area contributed by atoms with E-state index in [1.807, 2.05) is 0 Å². The van der Waals surface area contributed by atoms with Crippen LogP contribution in [0.1, 0.15) is 55.4 Å². The van der Waals surface area contributed by atoms with Gasteiger partial charge in [-0.2, -0.15) is 0 Å². The zero-order valence-corrected chi connectivity index (χ0v) is 54.6. The van der Waals surface area contributed by atoms with Crippen LogP contribution in [-0.2, 0) is 103 Å². The Labute approximate surface area is 488 Å². The molecule has 0 fully saturated rings. The molecule has 4 rings (SSSR count). The molecule has 0 saturated heterocycles. The molecule has 0 aliphatic heterocycles. The molecule has 1 N–H and O–H groups in total. The van der Waals surface area contributed by atoms with Crippen LogP contribution in [-0.4, -0.2) is 143 Å². The molecule has 0 spiro atoms. The van der Waals surface area contributed by atoms with Gasteiger partial charge in [-0.15, -0.1) is 0 Å². The van der Waals surface area contributed by atoms with E-state index in [1.165, 1.54) is 74.5 Å². The first-order chi connectivity index (χ1) is 33.9. The van der Waals surface area contributed by atoms with Gasteiger partial charge < -0.3 is 19.1 Å². The molecule has 0 amide bonds. The van der Waals surface area contributed by atoms with Crippen LogP contribution in [0.2, 0.25) is 0 Å². The maximum atomic E-state index is 12.5. The third-order valence-electron chi connectivity index (χ3n) is 9.49. The predicted octanol–water partition coefficient (Wildman–Crippen LogP) is 2.01. The van der Waals surface area contributed by atoms with E-state index < -0.39 is 105 Å². The number of carbonyl (C=O) groups is 3. The summed E-state index contributed by atoms with van der Waals surface area (Å²) in [7, 11) is -20.2. The fraction of sp³-hybridized carbons (Fsp3) is 0.386. The van der Waals surface area contributed by atoms with Crippen molar-refractivity contribution >= 4 is 124 Å². The molecule has 4 aromatic rings. The number of carboxylic acid groups (broad SMARTS) is 1. The molecule has 0 aliphatic rings. The van der Waals surface area contributed by atoms with Gasteiger partial charge in [0.25, 0.3) is 9.05 Å². The summed E-state index contributed by atoms with van der Waals surface area (Å²) < 4.78 is 186. The second kappa shape index (κ2) is 29.5. The second-order valence-electron chi connectivity index (χ2n) is 16.9. The van der Waals surface area contributed by atoms with Gasteiger partial charge >= 0.3 is 47.5 Å². The van der Waals surface area contributed by atoms with Crippen molar-refractivity contribution in [3.05, 3.63) is 97.1 Å². The topological polar surface area (TPSA) is 369 Å². The average molecular weight is 1330 g/mol. The molecule has 0 heterocycles. The average Bonchev–Trinajstić information content (AvgIpc) is 3.28. The van der Waals surface area contributed by atoms with Crippen LogP contribution in [0.15, 0.2) is 136 Å². The molecule has 0 aromatic heterocycles. The number of hydrogen-bond donors (Lipinski definition) is 1. The van der Waals surface area contributed by atoms with Gasteiger partial charge in [0.15, 0.2) is 68.5 Å². The number of hydrogen-bond acceptors (Lipinski definition) is 21. The summed E-state index contributed by atoms with van der Waals surface area (Å²) in [4.78, 5) is 33.3. The molecule has 0 aliphatic carbocycles. The second-order valence-corrected chi connectivity index (χ2v) is 35.4. The monoisotopic (exact) mass is 1330 g/mol. The van der Waals surface area contributed by atoms with Gasteiger partial charge in [-0.1, -0.05) is 15.9 Å². The predicted molar refractivity (Wildman–Crippen MR) is 285 cm³/mol. The van der Waals surface area contributed by atoms with Gasteiger partial charge in [0.05, 0.1) is 47.5 Å². The van der Waals surface area contributed by atoms with Crippen molar-refractivity contribution in [3.63, 3.8) is 0 Å². The van der Waals surface area contributed by atoms with Crippen LogP contribution in [0.4, 0.5) is 0 Å². The largest absolute Gasteiger partial charge is 1.00 e. The molecular formula is C44H57BrClNaO22S8. The first-order valence-electron chi connectivity index (χ1n) is 21.0. The molecule has 0 bridgehead atoms. The van der Waals surface area contributed by atoms with Gasteiger partial charge in [0.2, 0.25) is 0 Å². The van der Waals surface area contributed by atoms with Gasteiger partial charge in [-0.25, -0.2) is 58.9 Å². The molecule has 33 heteroatoms. The van der Waals surface area contributed by atoms with E-state index in [-0.39, 0.29) is 81.3 Å². The molecule has 1 atom stereocenters. The Bertz CT molecular complexity index is 3480. The number of aliphatic carboxylic acids is 1. The molecule has 0 radical (unpaired) electrons. The van der Waals surface area contributed by atoms with Crippen LogP contribution >= 0.6 is 26.6 Å². The minimum atomic E-state index is -4.09. The Morgan fingerprint density at radius 3 is 0.935 bits per heavy atom. The van der Waals surface area contributed by atoms with Gasteiger partial charge in [-0.05, 0) is 164 Å². The number of benzene rings is 4. The summed E-state index contributed by atoms with van der Waals surface area (Å²) in [5.41, 5.74) is 0. The number of alkyl halides is 1. The van der Waals surface area contributed by atoms with Crippen molar-refractivity contribution < 1.29 is 126 Å². The van der Waals surface area contributed by atoms with E-state index in [1.54, 1.807) is 27.7 Å². The number of carboxylic acids is 1. The van der Waals surface area contributed by atoms with Gasteiger partial charge in [0, 0.05) is 40.6 Å². The fourth-order valence-electron chi connectivity index (χ4n) is 4.80. The summed E-state index contributed by atoms with van der Waals surface area (Å²) in [6.45, 7) is 12.1. The number of rotatable bonds is 15. The van der Waals surface area contributed by atoms with E-state index in [2.05, 4.69) is 15.9 Å². The molecule has 1 unspecified atom stereocenters. The van der Waals surface area contributed by atoms with Gasteiger partial charge in [0.1, 0.15) is 4.32 Å². The summed E-state index contributed by atoms with van der Waals surface area (Å²) in [6, 6.07) is 18.9. The smallest absolute Gasteiger partial charge is 0.768 e. The van der Waals surface area contributed by atoms with Crippen LogP contribution in [0.3, 0.4) is 0 Å². The first-order valence-corrected chi connectivity index (χ1v) is 35.7. The van der Waals surface area contributed by atoms with Crippen molar-refractivity contribution in [1.29, 1.82) is 0 Å². The number of ether oxygens (including phenoxy) is 2. The quantitative estimate of drug-likeness (QED) is 0.0585. The Morgan fingerprint density at radius 1 is 0.494 bits per heavy atom. The molecular weight excluding hydrogens is 1280 g/mol. The fourth-order valence-corrected chi connectivity index (χ4v) is 11.2. The Balaban J connectivity index is 0. The summed E-state index contributed by atoms with van der Waals surface area (Å²) in [6.07, 6.45) is 4.13. The Hall–Kier alpha value is -3.18. The normalized spacial score (nSPS) is 12.8. The van der Waals surface area contributed by atoms with Crippen molar-refractivity contribution in [2.24, 2.45) is 0 Å². The van der Waals surface area contributed by atoms with Crippen molar-refractivity contribution in [2.75, 3.05) is 38.2 Å². The third kappa shape index (κ3) is 23.4. The summed E-state index contributed by atoms with van der Waals surface area (Å²) >= 11 is 0.862. The zero-order chi connectivity index (χ0) is 60.1. The standard InChI is InChI=1S/C13H18O6S2.C11H14O6S2.C7H7ClO4S2.C7H8O4S2.C6H11BrO2.Na/c1-5-19-12(14)13(2,3)21(17,18)11-8-6-10(7-9-11)20(4,15)16;1-11(2,10(12)13)19(16,17)9-6-4-8(5-7-9)18(3,14)15;1-13(9,10)6-2-4-7(5-3-6)14(8,11)12;1-13(10,11)7-4-2-6(3-5-7)12(8)9;1-4-9-5(8)6(2,3)7;/h6-9H,5H2,1-4H3;4-7H,1-3H3,(H,12,13);2-5H,1H3;2-5H,1H3,(H,8,9);4H2,1-3H3;/q;;;;;+1/p-1. The zero-order valence-electron chi connectivity index (χ0n) is 43.7. The van der Waals surface area contributed by atoms with Crippen LogP contribution < -0.4 is 29.6 Å². The van der Waals surface area contributed by atoms with Crippen molar-refractivity contribution in [2.45, 2.75) is 108 Å². The SMILES string of the molecule is CC(C)(C(=O)O)S(=O)(=O)c1ccc(S(C)(=O)=O)cc1.CCOC(=O)C(C)(C)Br.CCOC(=O)C(C)(C)S(=O)(=O)c1ccc(S(C)(=O)=O)cc1.CS(=O)(=O)c1ccc(S(=O)(=O)Cl)cc1.CS(=O)(=O)c1ccc(S(=O)[O-])cc1.[Na+]. The molecule has 4 aromatic carbocycles. The molecule has 0 saturated carbocycles. The summed E-state index contributed by atoms with van der Waals surface area (Å²) in [5.74, 6) is -2.54. The number of esters is 2. The van der Waals surface area contributed by atoms with Crippen LogP contribution in [0.5, 0.6) is 0 Å². The maximum Gasteiger partial charge on any atom is 1.00 e. The van der Waals surface area contributed by atoms with E-state index in [4.69, 9.17) is 25.3 Å². The minimum absolute atomic E-state index is 0. The van der Waals surface area contributed by atoms with E-state index in [9.17, 15) is 82.1 Å². The van der Waals surface area contributed by atoms with Crippen molar-refractivity contribution in [3.8, 4) is 0 Å². The van der Waals surface area contributed by atoms with E-state index >= 15 is 0 Å². The van der Waals surface area contributed by atoms with E-state index in [0.717, 1.165) is 75.3 Å². The minimum Gasteiger partial charge on any atom is -0.768 e. The molecule has 77 heavy (non-hydrogen) atoms. The molecule has 428 valence electrons. The number of sulfone groups is 6. The first kappa shape index (κ1) is 75.9. The Kier molecular flexibility index (Phi) is 29.1. The number of halogens is 2. The maximum absolute atomic E-state index is 12.5. The van der Waals surface area contributed by atoms with E-state index in [0.29, 0.717) is 6.61 Å². The van der Waals surface area contributed by atoms with Crippen LogP contribution in [0.25, 0.3) is 0 Å². The van der Waals surface area contributed by atoms with Gasteiger partial charge in [-0.3, -0.25) is 18.6 Å². The van der Waals surface area contributed by atoms with Crippen molar-refractivity contribution in [1.82, 2.24) is 0 Å². The van der Waals surface area contributed by atoms with Crippen LogP contribution in [0, 0.1) is 0 Å².